The Morgan fingerprint density at radius 2 is 1.95 bits per heavy atom. The normalized spacial score (nSPS) is 10.1. The first-order valence-electron chi connectivity index (χ1n) is 6.44. The number of amides is 2. The van der Waals surface area contributed by atoms with Crippen molar-refractivity contribution in [1.29, 1.82) is 0 Å². The summed E-state index contributed by atoms with van der Waals surface area (Å²) in [6.07, 6.45) is 0. The quantitative estimate of drug-likeness (QED) is 0.799. The fourth-order valence-electron chi connectivity index (χ4n) is 1.73. The Kier molecular flexibility index (Phi) is 5.16. The Bertz CT molecular complexity index is 682. The fourth-order valence-corrected chi connectivity index (χ4v) is 1.99. The first-order chi connectivity index (χ1) is 10.5. The van der Waals surface area contributed by atoms with Crippen molar-refractivity contribution >= 4 is 27.7 Å². The van der Waals surface area contributed by atoms with Gasteiger partial charge in [-0.1, -0.05) is 15.9 Å². The van der Waals surface area contributed by atoms with Crippen molar-refractivity contribution in [3.8, 4) is 5.75 Å². The lowest BCUT2D eigenvalue weighted by molar-refractivity contribution is -0.123. The van der Waals surface area contributed by atoms with Crippen LogP contribution in [-0.2, 0) is 11.8 Å². The molecule has 0 saturated carbocycles. The average Bonchev–Trinajstić information content (AvgIpc) is 2.83. The van der Waals surface area contributed by atoms with E-state index < -0.39 is 11.8 Å². The number of carbonyl (C=O) groups excluding carboxylic acids is 2. The van der Waals surface area contributed by atoms with Gasteiger partial charge in [-0.15, -0.1) is 0 Å². The molecular formula is C14H15BrN4O3. The number of hydrogen-bond acceptors (Lipinski definition) is 4. The molecule has 8 heteroatoms. The molecule has 0 radical (unpaired) electrons. The van der Waals surface area contributed by atoms with Crippen LogP contribution in [0.5, 0.6) is 5.75 Å². The Balaban J connectivity index is 1.79. The third kappa shape index (κ3) is 4.32. The van der Waals surface area contributed by atoms with Gasteiger partial charge in [0.15, 0.2) is 6.61 Å². The standard InChI is InChI=1S/C14H15BrN4O3/c1-9-7-12(19(2)18-9)14(21)17-16-13(20)8-22-11-5-3-10(15)4-6-11/h3-7H,8H2,1-2H3,(H,16,20)(H,17,21). The second-order valence-corrected chi connectivity index (χ2v) is 5.46. The van der Waals surface area contributed by atoms with Gasteiger partial charge in [-0.3, -0.25) is 25.1 Å². The van der Waals surface area contributed by atoms with E-state index in [4.69, 9.17) is 4.74 Å². The first-order valence-corrected chi connectivity index (χ1v) is 7.23. The minimum Gasteiger partial charge on any atom is -0.484 e. The van der Waals surface area contributed by atoms with Gasteiger partial charge in [-0.2, -0.15) is 5.10 Å². The number of carbonyl (C=O) groups is 2. The summed E-state index contributed by atoms with van der Waals surface area (Å²) in [5.41, 5.74) is 5.67. The summed E-state index contributed by atoms with van der Waals surface area (Å²) >= 11 is 3.31. The molecule has 2 rings (SSSR count). The molecule has 22 heavy (non-hydrogen) atoms. The number of halogens is 1. The second-order valence-electron chi connectivity index (χ2n) is 4.54. The molecule has 7 nitrogen and oxygen atoms in total. The van der Waals surface area contributed by atoms with Gasteiger partial charge in [-0.05, 0) is 37.3 Å². The lowest BCUT2D eigenvalue weighted by Gasteiger charge is -2.08. The number of nitrogens with one attached hydrogen (secondary N) is 2. The van der Waals surface area contributed by atoms with Crippen molar-refractivity contribution in [2.45, 2.75) is 6.92 Å². The molecule has 0 spiro atoms. The molecule has 0 atom stereocenters. The van der Waals surface area contributed by atoms with Crippen molar-refractivity contribution in [3.05, 3.63) is 46.2 Å². The van der Waals surface area contributed by atoms with E-state index >= 15 is 0 Å². The summed E-state index contributed by atoms with van der Waals surface area (Å²) in [6.45, 7) is 1.58. The molecular weight excluding hydrogens is 352 g/mol. The second kappa shape index (κ2) is 7.08. The van der Waals surface area contributed by atoms with Crippen molar-refractivity contribution < 1.29 is 14.3 Å². The van der Waals surface area contributed by atoms with Crippen LogP contribution in [0, 0.1) is 6.92 Å². The Labute approximate surface area is 135 Å². The maximum absolute atomic E-state index is 11.9. The summed E-state index contributed by atoms with van der Waals surface area (Å²) in [6, 6.07) is 8.70. The molecule has 0 aliphatic carbocycles. The fraction of sp³-hybridized carbons (Fsp3) is 0.214. The van der Waals surface area contributed by atoms with Crippen LogP contribution in [0.1, 0.15) is 16.2 Å². The molecule has 1 aromatic carbocycles. The van der Waals surface area contributed by atoms with E-state index in [-0.39, 0.29) is 6.61 Å². The molecule has 2 aromatic rings. The highest BCUT2D eigenvalue weighted by atomic mass is 79.9. The van der Waals surface area contributed by atoms with Gasteiger partial charge in [0.25, 0.3) is 11.8 Å². The first kappa shape index (κ1) is 16.0. The molecule has 1 heterocycles. The predicted octanol–water partition coefficient (Wildman–Crippen LogP) is 1.33. The van der Waals surface area contributed by atoms with Gasteiger partial charge < -0.3 is 4.74 Å². The molecule has 0 saturated heterocycles. The SMILES string of the molecule is Cc1cc(C(=O)NNC(=O)COc2ccc(Br)cc2)n(C)n1. The van der Waals surface area contributed by atoms with Crippen molar-refractivity contribution in [2.24, 2.45) is 7.05 Å². The highest BCUT2D eigenvalue weighted by Crippen LogP contribution is 2.15. The van der Waals surface area contributed by atoms with Crippen LogP contribution in [0.25, 0.3) is 0 Å². The Morgan fingerprint density at radius 3 is 2.55 bits per heavy atom. The van der Waals surface area contributed by atoms with Gasteiger partial charge in [0.05, 0.1) is 5.69 Å². The van der Waals surface area contributed by atoms with Crippen LogP contribution in [0.2, 0.25) is 0 Å². The lowest BCUT2D eigenvalue weighted by Crippen LogP contribution is -2.44. The van der Waals surface area contributed by atoms with E-state index in [0.717, 1.165) is 10.2 Å². The summed E-state index contributed by atoms with van der Waals surface area (Å²) in [4.78, 5) is 23.5. The van der Waals surface area contributed by atoms with E-state index in [1.807, 2.05) is 0 Å². The average molecular weight is 367 g/mol. The molecule has 0 unspecified atom stereocenters. The smallest absolute Gasteiger partial charge is 0.287 e. The van der Waals surface area contributed by atoms with Crippen molar-refractivity contribution in [3.63, 3.8) is 0 Å². The van der Waals surface area contributed by atoms with Crippen molar-refractivity contribution in [1.82, 2.24) is 20.6 Å². The van der Waals surface area contributed by atoms with Crippen LogP contribution in [-0.4, -0.2) is 28.2 Å². The maximum atomic E-state index is 11.9. The topological polar surface area (TPSA) is 85.3 Å². The van der Waals surface area contributed by atoms with E-state index in [9.17, 15) is 9.59 Å². The Hall–Kier alpha value is -2.35. The van der Waals surface area contributed by atoms with Crippen LogP contribution in [0.4, 0.5) is 0 Å². The van der Waals surface area contributed by atoms with Crippen molar-refractivity contribution in [2.75, 3.05) is 6.61 Å². The monoisotopic (exact) mass is 366 g/mol. The van der Waals surface area contributed by atoms with E-state index in [1.54, 1.807) is 44.3 Å². The zero-order valence-electron chi connectivity index (χ0n) is 12.1. The number of aryl methyl sites for hydroxylation is 2. The van der Waals surface area contributed by atoms with Gasteiger partial charge in [0.1, 0.15) is 11.4 Å². The molecule has 0 fully saturated rings. The zero-order chi connectivity index (χ0) is 16.1. The minimum atomic E-state index is -0.463. The minimum absolute atomic E-state index is 0.202. The molecule has 2 N–H and O–H groups in total. The molecule has 2 amide bonds. The third-order valence-electron chi connectivity index (χ3n) is 2.73. The third-order valence-corrected chi connectivity index (χ3v) is 3.26. The number of rotatable bonds is 4. The van der Waals surface area contributed by atoms with Crippen LogP contribution in [0.3, 0.4) is 0 Å². The number of hydrogen-bond donors (Lipinski definition) is 2. The highest BCUT2D eigenvalue weighted by molar-refractivity contribution is 9.10. The van der Waals surface area contributed by atoms with Crippen LogP contribution in [0.15, 0.2) is 34.8 Å². The van der Waals surface area contributed by atoms with Gasteiger partial charge >= 0.3 is 0 Å². The molecule has 1 aromatic heterocycles. The lowest BCUT2D eigenvalue weighted by atomic mass is 10.3. The van der Waals surface area contributed by atoms with E-state index in [1.165, 1.54) is 4.68 Å². The number of aromatic nitrogens is 2. The summed E-state index contributed by atoms with van der Waals surface area (Å²) < 4.78 is 7.65. The van der Waals surface area contributed by atoms with Gasteiger partial charge in [0.2, 0.25) is 0 Å². The number of hydrazine groups is 1. The summed E-state index contributed by atoms with van der Waals surface area (Å²) in [7, 11) is 1.65. The molecule has 0 aliphatic heterocycles. The zero-order valence-corrected chi connectivity index (χ0v) is 13.7. The van der Waals surface area contributed by atoms with Crippen LogP contribution >= 0.6 is 15.9 Å². The molecule has 116 valence electrons. The number of benzene rings is 1. The maximum Gasteiger partial charge on any atom is 0.287 e. The van der Waals surface area contributed by atoms with Gasteiger partial charge in [0, 0.05) is 11.5 Å². The van der Waals surface area contributed by atoms with E-state index in [2.05, 4.69) is 31.9 Å². The Morgan fingerprint density at radius 1 is 1.27 bits per heavy atom. The predicted molar refractivity (Wildman–Crippen MR) is 83.2 cm³/mol. The van der Waals surface area contributed by atoms with Gasteiger partial charge in [-0.25, -0.2) is 0 Å². The summed E-state index contributed by atoms with van der Waals surface area (Å²) in [5.74, 6) is -0.345. The molecule has 0 aliphatic rings. The largest absolute Gasteiger partial charge is 0.484 e. The molecule has 0 bridgehead atoms. The summed E-state index contributed by atoms with van der Waals surface area (Å²) in [5, 5.41) is 4.06. The number of nitrogens with zero attached hydrogens (tertiary/aromatic N) is 2. The van der Waals surface area contributed by atoms with Crippen LogP contribution < -0.4 is 15.6 Å². The van der Waals surface area contributed by atoms with E-state index in [0.29, 0.717) is 11.4 Å². The number of ether oxygens (including phenoxy) is 1. The highest BCUT2D eigenvalue weighted by Gasteiger charge is 2.12.